The lowest BCUT2D eigenvalue weighted by Gasteiger charge is -2.21. The van der Waals surface area contributed by atoms with Crippen LogP contribution >= 0.6 is 11.6 Å². The van der Waals surface area contributed by atoms with Gasteiger partial charge < -0.3 is 10.1 Å². The van der Waals surface area contributed by atoms with E-state index in [2.05, 4.69) is 5.32 Å². The molecule has 0 fully saturated rings. The molecule has 0 bridgehead atoms. The minimum atomic E-state index is -0.978. The van der Waals surface area contributed by atoms with Crippen LogP contribution in [-0.2, 0) is 0 Å². The molecule has 0 spiro atoms. The third-order valence-electron chi connectivity index (χ3n) is 3.12. The fourth-order valence-electron chi connectivity index (χ4n) is 2.22. The molecule has 0 heterocycles. The van der Waals surface area contributed by atoms with E-state index in [4.69, 9.17) is 16.3 Å². The normalized spacial score (nSPS) is 12.3. The molecule has 0 saturated heterocycles. The van der Waals surface area contributed by atoms with E-state index in [-0.39, 0.29) is 5.56 Å². The molecular weight excluding hydrogens is 303 g/mol. The van der Waals surface area contributed by atoms with Gasteiger partial charge >= 0.3 is 0 Å². The van der Waals surface area contributed by atoms with Crippen molar-refractivity contribution in [2.24, 2.45) is 0 Å². The Morgan fingerprint density at radius 3 is 2.24 bits per heavy atom. The predicted octanol–water partition coefficient (Wildman–Crippen LogP) is 4.07. The van der Waals surface area contributed by atoms with Gasteiger partial charge in [-0.05, 0) is 25.2 Å². The molecule has 2 aromatic rings. The molecule has 1 unspecified atom stereocenters. The van der Waals surface area contributed by atoms with Crippen molar-refractivity contribution in [2.75, 3.05) is 14.2 Å². The molecule has 1 N–H and O–H groups in total. The molecule has 112 valence electrons. The molecule has 1 atom stereocenters. The Labute approximate surface area is 125 Å². The molecule has 0 aromatic heterocycles. The average molecular weight is 316 g/mol. The maximum absolute atomic E-state index is 14.0. The molecule has 0 amide bonds. The molecule has 0 saturated carbocycles. The third kappa shape index (κ3) is 3.14. The fourth-order valence-corrected chi connectivity index (χ4v) is 2.40. The smallest absolute Gasteiger partial charge is 0.134 e. The molecule has 6 heteroatoms. The standard InChI is InChI=1S/C15H13ClF3NO/c1-20-15(10-5-8(16)3-4-13(10)21-2)14-11(18)6-9(17)7-12(14)19/h3-7,15,20H,1-2H3. The van der Waals surface area contributed by atoms with E-state index >= 15 is 0 Å². The summed E-state index contributed by atoms with van der Waals surface area (Å²) in [6.07, 6.45) is 0. The summed E-state index contributed by atoms with van der Waals surface area (Å²) in [5.41, 5.74) is 0.163. The first-order chi connectivity index (χ1) is 9.97. The van der Waals surface area contributed by atoms with E-state index < -0.39 is 23.5 Å². The Bertz CT molecular complexity index is 640. The van der Waals surface area contributed by atoms with E-state index in [0.29, 0.717) is 28.5 Å². The first-order valence-electron chi connectivity index (χ1n) is 6.13. The minimum absolute atomic E-state index is 0.292. The highest BCUT2D eigenvalue weighted by molar-refractivity contribution is 6.30. The Morgan fingerprint density at radius 1 is 1.10 bits per heavy atom. The van der Waals surface area contributed by atoms with E-state index in [1.165, 1.54) is 14.2 Å². The van der Waals surface area contributed by atoms with E-state index in [1.807, 2.05) is 0 Å². The summed E-state index contributed by atoms with van der Waals surface area (Å²) < 4.78 is 46.2. The number of benzene rings is 2. The quantitative estimate of drug-likeness (QED) is 0.918. The monoisotopic (exact) mass is 315 g/mol. The molecule has 21 heavy (non-hydrogen) atoms. The molecule has 2 rings (SSSR count). The van der Waals surface area contributed by atoms with Crippen LogP contribution in [-0.4, -0.2) is 14.2 Å². The summed E-state index contributed by atoms with van der Waals surface area (Å²) in [7, 11) is 2.98. The number of ether oxygens (including phenoxy) is 1. The molecule has 2 nitrogen and oxygen atoms in total. The maximum Gasteiger partial charge on any atom is 0.134 e. The van der Waals surface area contributed by atoms with Gasteiger partial charge in [-0.3, -0.25) is 0 Å². The predicted molar refractivity (Wildman–Crippen MR) is 75.2 cm³/mol. The first-order valence-corrected chi connectivity index (χ1v) is 6.51. The number of nitrogens with one attached hydrogen (secondary N) is 1. The van der Waals surface area contributed by atoms with Crippen LogP contribution in [0.5, 0.6) is 5.75 Å². The number of halogens is 4. The van der Waals surface area contributed by atoms with Crippen molar-refractivity contribution in [3.63, 3.8) is 0 Å². The summed E-state index contributed by atoms with van der Waals surface area (Å²) in [5, 5.41) is 3.19. The van der Waals surface area contributed by atoms with Crippen molar-refractivity contribution in [3.05, 3.63) is 63.9 Å². The number of methoxy groups -OCH3 is 1. The van der Waals surface area contributed by atoms with Gasteiger partial charge in [0.15, 0.2) is 0 Å². The Hall–Kier alpha value is -1.72. The number of hydrogen-bond donors (Lipinski definition) is 1. The summed E-state index contributed by atoms with van der Waals surface area (Å²) in [6.45, 7) is 0. The van der Waals surface area contributed by atoms with Crippen molar-refractivity contribution in [3.8, 4) is 5.75 Å². The second-order valence-corrected chi connectivity index (χ2v) is 4.83. The van der Waals surface area contributed by atoms with E-state index in [9.17, 15) is 13.2 Å². The van der Waals surface area contributed by atoms with Gasteiger partial charge in [0, 0.05) is 28.3 Å². The number of rotatable bonds is 4. The van der Waals surface area contributed by atoms with Gasteiger partial charge in [0.1, 0.15) is 23.2 Å². The average Bonchev–Trinajstić information content (AvgIpc) is 2.42. The molecule has 0 radical (unpaired) electrons. The van der Waals surface area contributed by atoms with Crippen LogP contribution in [0.4, 0.5) is 13.2 Å². The van der Waals surface area contributed by atoms with Crippen molar-refractivity contribution < 1.29 is 17.9 Å². The Morgan fingerprint density at radius 2 is 1.71 bits per heavy atom. The van der Waals surface area contributed by atoms with Crippen LogP contribution in [0, 0.1) is 17.5 Å². The zero-order chi connectivity index (χ0) is 15.6. The van der Waals surface area contributed by atoms with Gasteiger partial charge in [0.05, 0.1) is 13.2 Å². The largest absolute Gasteiger partial charge is 0.496 e. The highest BCUT2D eigenvalue weighted by atomic mass is 35.5. The highest BCUT2D eigenvalue weighted by Gasteiger charge is 2.24. The van der Waals surface area contributed by atoms with Crippen molar-refractivity contribution in [1.82, 2.24) is 5.32 Å². The van der Waals surface area contributed by atoms with Gasteiger partial charge in [-0.2, -0.15) is 0 Å². The van der Waals surface area contributed by atoms with Crippen LogP contribution in [0.3, 0.4) is 0 Å². The summed E-state index contributed by atoms with van der Waals surface area (Å²) in [5.74, 6) is -2.51. The van der Waals surface area contributed by atoms with E-state index in [1.54, 1.807) is 18.2 Å². The molecule has 0 aliphatic heterocycles. The summed E-state index contributed by atoms with van der Waals surface area (Å²) in [4.78, 5) is 0. The van der Waals surface area contributed by atoms with Crippen molar-refractivity contribution >= 4 is 11.6 Å². The van der Waals surface area contributed by atoms with Crippen LogP contribution in [0.2, 0.25) is 5.02 Å². The fraction of sp³-hybridized carbons (Fsp3) is 0.200. The topological polar surface area (TPSA) is 21.3 Å². The molecule has 2 aromatic carbocycles. The molecule has 0 aliphatic carbocycles. The Kier molecular flexibility index (Phi) is 4.75. The zero-order valence-electron chi connectivity index (χ0n) is 11.4. The lowest BCUT2D eigenvalue weighted by molar-refractivity contribution is 0.403. The van der Waals surface area contributed by atoms with Crippen LogP contribution in [0.1, 0.15) is 17.2 Å². The lowest BCUT2D eigenvalue weighted by atomic mass is 9.96. The van der Waals surface area contributed by atoms with Gasteiger partial charge in [0.2, 0.25) is 0 Å². The second kappa shape index (κ2) is 6.37. The van der Waals surface area contributed by atoms with Crippen molar-refractivity contribution in [1.29, 1.82) is 0 Å². The number of hydrogen-bond acceptors (Lipinski definition) is 2. The summed E-state index contributed by atoms with van der Waals surface area (Å²) in [6, 6.07) is 5.16. The molecule has 0 aliphatic rings. The van der Waals surface area contributed by atoms with Crippen molar-refractivity contribution in [2.45, 2.75) is 6.04 Å². The van der Waals surface area contributed by atoms with Gasteiger partial charge in [-0.1, -0.05) is 11.6 Å². The van der Waals surface area contributed by atoms with Crippen LogP contribution in [0.25, 0.3) is 0 Å². The third-order valence-corrected chi connectivity index (χ3v) is 3.36. The van der Waals surface area contributed by atoms with Gasteiger partial charge in [-0.25, -0.2) is 13.2 Å². The van der Waals surface area contributed by atoms with Crippen LogP contribution < -0.4 is 10.1 Å². The highest BCUT2D eigenvalue weighted by Crippen LogP contribution is 2.34. The zero-order valence-corrected chi connectivity index (χ0v) is 12.1. The second-order valence-electron chi connectivity index (χ2n) is 4.39. The lowest BCUT2D eigenvalue weighted by Crippen LogP contribution is -2.21. The van der Waals surface area contributed by atoms with Gasteiger partial charge in [-0.15, -0.1) is 0 Å². The van der Waals surface area contributed by atoms with Gasteiger partial charge in [0.25, 0.3) is 0 Å². The Balaban J connectivity index is 2.63. The summed E-state index contributed by atoms with van der Waals surface area (Å²) >= 11 is 5.94. The maximum atomic E-state index is 14.0. The SMILES string of the molecule is CNC(c1cc(Cl)ccc1OC)c1c(F)cc(F)cc1F. The van der Waals surface area contributed by atoms with E-state index in [0.717, 1.165) is 0 Å². The van der Waals surface area contributed by atoms with Crippen LogP contribution in [0.15, 0.2) is 30.3 Å². The first kappa shape index (κ1) is 15.7. The minimum Gasteiger partial charge on any atom is -0.496 e. The molecular formula is C15H13ClF3NO.